The Kier molecular flexibility index (Phi) is 4.48. The van der Waals surface area contributed by atoms with Crippen LogP contribution in [0, 0.1) is 0 Å². The fraction of sp³-hybridized carbons (Fsp3) is 0.444. The van der Waals surface area contributed by atoms with Crippen LogP contribution in [0.25, 0.3) is 11.3 Å². The van der Waals surface area contributed by atoms with Gasteiger partial charge in [-0.3, -0.25) is 0 Å². The Morgan fingerprint density at radius 1 is 1.17 bits per heavy atom. The number of benzene rings is 1. The number of aromatic hydroxyl groups is 1. The molecule has 23 heavy (non-hydrogen) atoms. The normalized spacial score (nSPS) is 16.1. The van der Waals surface area contributed by atoms with Crippen LogP contribution in [0.5, 0.6) is 5.75 Å². The molecule has 0 aliphatic carbocycles. The van der Waals surface area contributed by atoms with Crippen LogP contribution in [0.1, 0.15) is 38.4 Å². The molecular formula is C18H24N4O. The van der Waals surface area contributed by atoms with Gasteiger partial charge < -0.3 is 15.7 Å². The van der Waals surface area contributed by atoms with Crippen molar-refractivity contribution < 1.29 is 5.11 Å². The molecule has 0 atom stereocenters. The van der Waals surface area contributed by atoms with Gasteiger partial charge in [-0.05, 0) is 37.1 Å². The van der Waals surface area contributed by atoms with E-state index >= 15 is 0 Å². The average molecular weight is 312 g/mol. The lowest BCUT2D eigenvalue weighted by Gasteiger charge is -2.33. The Balaban J connectivity index is 2.02. The zero-order chi connectivity index (χ0) is 16.4. The summed E-state index contributed by atoms with van der Waals surface area (Å²) in [6, 6.07) is 7.49. The Hall–Kier alpha value is -2.14. The number of hydrogen-bond acceptors (Lipinski definition) is 5. The van der Waals surface area contributed by atoms with Gasteiger partial charge in [0.05, 0.1) is 17.6 Å². The molecule has 0 saturated carbocycles. The number of anilines is 1. The number of piperidine rings is 1. The minimum atomic E-state index is 0.261. The summed E-state index contributed by atoms with van der Waals surface area (Å²) in [4.78, 5) is 11.7. The van der Waals surface area contributed by atoms with Crippen LogP contribution in [0.3, 0.4) is 0 Å². The van der Waals surface area contributed by atoms with E-state index in [1.165, 1.54) is 0 Å². The van der Waals surface area contributed by atoms with E-state index in [9.17, 15) is 5.11 Å². The highest BCUT2D eigenvalue weighted by molar-refractivity contribution is 5.75. The number of phenolic OH excluding ortho intramolecular Hbond substituents is 1. The average Bonchev–Trinajstić information content (AvgIpc) is 2.56. The lowest BCUT2D eigenvalue weighted by Crippen LogP contribution is -2.40. The summed E-state index contributed by atoms with van der Waals surface area (Å²) in [7, 11) is 0. The van der Waals surface area contributed by atoms with E-state index in [1.54, 1.807) is 12.1 Å². The fourth-order valence-electron chi connectivity index (χ4n) is 2.87. The van der Waals surface area contributed by atoms with Gasteiger partial charge in [-0.1, -0.05) is 13.8 Å². The number of aromatic nitrogens is 2. The summed E-state index contributed by atoms with van der Waals surface area (Å²) >= 11 is 0. The summed E-state index contributed by atoms with van der Waals surface area (Å²) in [5.74, 6) is 1.37. The number of phenols is 1. The molecule has 0 spiro atoms. The highest BCUT2D eigenvalue weighted by Gasteiger charge is 2.21. The predicted molar refractivity (Wildman–Crippen MR) is 92.6 cm³/mol. The van der Waals surface area contributed by atoms with Crippen molar-refractivity contribution >= 4 is 5.69 Å². The Morgan fingerprint density at radius 3 is 2.43 bits per heavy atom. The van der Waals surface area contributed by atoms with Crippen LogP contribution in [-0.2, 0) is 0 Å². The van der Waals surface area contributed by atoms with Gasteiger partial charge in [-0.15, -0.1) is 0 Å². The summed E-state index contributed by atoms with van der Waals surface area (Å²) in [6.07, 6.45) is 3.91. The smallest absolute Gasteiger partial charge is 0.131 e. The van der Waals surface area contributed by atoms with E-state index in [-0.39, 0.29) is 11.7 Å². The Labute approximate surface area is 137 Å². The van der Waals surface area contributed by atoms with Crippen LogP contribution in [0.15, 0.2) is 30.5 Å². The van der Waals surface area contributed by atoms with Gasteiger partial charge in [-0.25, -0.2) is 9.97 Å². The van der Waals surface area contributed by atoms with Crippen LogP contribution in [0.2, 0.25) is 0 Å². The third-order valence-electron chi connectivity index (χ3n) is 4.33. The van der Waals surface area contributed by atoms with Gasteiger partial charge in [0, 0.05) is 30.6 Å². The molecule has 1 aromatic carbocycles. The van der Waals surface area contributed by atoms with Crippen LogP contribution >= 0.6 is 0 Å². The molecule has 3 N–H and O–H groups in total. The SMILES string of the molecule is CC(C)c1ncc(N2CCC(N)CC2)c(-c2ccc(O)cc2)n1. The molecule has 0 radical (unpaired) electrons. The molecule has 1 aromatic heterocycles. The zero-order valence-corrected chi connectivity index (χ0v) is 13.7. The molecule has 0 unspecified atom stereocenters. The standard InChI is InChI=1S/C18H24N4O/c1-12(2)18-20-11-16(22-9-7-14(19)8-10-22)17(21-18)13-3-5-15(23)6-4-13/h3-6,11-12,14,23H,7-10,19H2,1-2H3. The van der Waals surface area contributed by atoms with Crippen molar-refractivity contribution in [2.24, 2.45) is 5.73 Å². The first-order valence-corrected chi connectivity index (χ1v) is 8.21. The van der Waals surface area contributed by atoms with Gasteiger partial charge in [0.2, 0.25) is 0 Å². The summed E-state index contributed by atoms with van der Waals surface area (Å²) in [5.41, 5.74) is 8.99. The summed E-state index contributed by atoms with van der Waals surface area (Å²) in [6.45, 7) is 6.04. The van der Waals surface area contributed by atoms with Crippen molar-refractivity contribution in [3.05, 3.63) is 36.3 Å². The zero-order valence-electron chi connectivity index (χ0n) is 13.7. The first-order chi connectivity index (χ1) is 11.0. The van der Waals surface area contributed by atoms with E-state index < -0.39 is 0 Å². The van der Waals surface area contributed by atoms with Crippen molar-refractivity contribution in [1.82, 2.24) is 9.97 Å². The van der Waals surface area contributed by atoms with Gasteiger partial charge in [-0.2, -0.15) is 0 Å². The Bertz CT molecular complexity index is 661. The molecule has 1 aliphatic rings. The topological polar surface area (TPSA) is 75.3 Å². The molecule has 1 aliphatic heterocycles. The van der Waals surface area contributed by atoms with Gasteiger partial charge in [0.1, 0.15) is 11.6 Å². The van der Waals surface area contributed by atoms with Crippen molar-refractivity contribution in [2.45, 2.75) is 38.6 Å². The molecule has 2 heterocycles. The van der Waals surface area contributed by atoms with Crippen LogP contribution in [-0.4, -0.2) is 34.2 Å². The fourth-order valence-corrected chi connectivity index (χ4v) is 2.87. The second-order valence-electron chi connectivity index (χ2n) is 6.49. The van der Waals surface area contributed by atoms with E-state index in [2.05, 4.69) is 23.7 Å². The maximum absolute atomic E-state index is 9.54. The second-order valence-corrected chi connectivity index (χ2v) is 6.49. The molecule has 1 fully saturated rings. The molecule has 0 bridgehead atoms. The third-order valence-corrected chi connectivity index (χ3v) is 4.33. The van der Waals surface area contributed by atoms with Crippen molar-refractivity contribution in [3.63, 3.8) is 0 Å². The minimum absolute atomic E-state index is 0.261. The molecule has 2 aromatic rings. The van der Waals surface area contributed by atoms with Crippen LogP contribution in [0.4, 0.5) is 5.69 Å². The van der Waals surface area contributed by atoms with Crippen molar-refractivity contribution in [1.29, 1.82) is 0 Å². The van der Waals surface area contributed by atoms with Crippen LogP contribution < -0.4 is 10.6 Å². The number of nitrogens with zero attached hydrogens (tertiary/aromatic N) is 3. The third kappa shape index (κ3) is 3.45. The van der Waals surface area contributed by atoms with Crippen molar-refractivity contribution in [2.75, 3.05) is 18.0 Å². The lowest BCUT2D eigenvalue weighted by atomic mass is 10.0. The number of rotatable bonds is 3. The maximum Gasteiger partial charge on any atom is 0.131 e. The van der Waals surface area contributed by atoms with E-state index in [0.717, 1.165) is 48.7 Å². The van der Waals surface area contributed by atoms with Gasteiger partial charge in [0.15, 0.2) is 0 Å². The van der Waals surface area contributed by atoms with E-state index in [4.69, 9.17) is 10.7 Å². The quantitative estimate of drug-likeness (QED) is 0.911. The molecule has 122 valence electrons. The molecule has 5 nitrogen and oxygen atoms in total. The predicted octanol–water partition coefficient (Wildman–Crippen LogP) is 2.90. The molecule has 5 heteroatoms. The highest BCUT2D eigenvalue weighted by Crippen LogP contribution is 2.32. The Morgan fingerprint density at radius 2 is 1.83 bits per heavy atom. The largest absolute Gasteiger partial charge is 0.508 e. The van der Waals surface area contributed by atoms with E-state index in [0.29, 0.717) is 6.04 Å². The van der Waals surface area contributed by atoms with Gasteiger partial charge >= 0.3 is 0 Å². The van der Waals surface area contributed by atoms with Gasteiger partial charge in [0.25, 0.3) is 0 Å². The molecule has 0 amide bonds. The monoisotopic (exact) mass is 312 g/mol. The summed E-state index contributed by atoms with van der Waals surface area (Å²) < 4.78 is 0. The first-order valence-electron chi connectivity index (χ1n) is 8.21. The summed E-state index contributed by atoms with van der Waals surface area (Å²) in [5, 5.41) is 9.54. The number of hydrogen-bond donors (Lipinski definition) is 2. The highest BCUT2D eigenvalue weighted by atomic mass is 16.3. The maximum atomic E-state index is 9.54. The molecule has 3 rings (SSSR count). The first kappa shape index (κ1) is 15.7. The van der Waals surface area contributed by atoms with E-state index in [1.807, 2.05) is 18.3 Å². The van der Waals surface area contributed by atoms with Crippen molar-refractivity contribution in [3.8, 4) is 17.0 Å². The molecule has 1 saturated heterocycles. The molecular weight excluding hydrogens is 288 g/mol. The number of nitrogens with two attached hydrogens (primary N) is 1. The second kappa shape index (κ2) is 6.54. The lowest BCUT2D eigenvalue weighted by molar-refractivity contribution is 0.475. The minimum Gasteiger partial charge on any atom is -0.508 e.